The van der Waals surface area contributed by atoms with Crippen LogP contribution in [0.3, 0.4) is 0 Å². The van der Waals surface area contributed by atoms with Crippen molar-refractivity contribution in [2.24, 2.45) is 0 Å². The SMILES string of the molecule is CCn1nc(C(C)C)cc1C(=O)N(C)Cc1ccoc1. The summed E-state index contributed by atoms with van der Waals surface area (Å²) in [5.41, 5.74) is 2.57. The second-order valence-corrected chi connectivity index (χ2v) is 5.22. The van der Waals surface area contributed by atoms with Gasteiger partial charge in [-0.15, -0.1) is 0 Å². The molecule has 0 spiro atoms. The van der Waals surface area contributed by atoms with Gasteiger partial charge in [0.05, 0.1) is 18.2 Å². The van der Waals surface area contributed by atoms with Gasteiger partial charge in [-0.25, -0.2) is 0 Å². The van der Waals surface area contributed by atoms with E-state index in [4.69, 9.17) is 4.42 Å². The molecule has 0 radical (unpaired) electrons. The highest BCUT2D eigenvalue weighted by molar-refractivity contribution is 5.92. The smallest absolute Gasteiger partial charge is 0.272 e. The molecule has 1 amide bonds. The van der Waals surface area contributed by atoms with Gasteiger partial charge in [0, 0.05) is 25.7 Å². The van der Waals surface area contributed by atoms with E-state index in [9.17, 15) is 4.79 Å². The van der Waals surface area contributed by atoms with Crippen molar-refractivity contribution in [3.05, 3.63) is 41.6 Å². The van der Waals surface area contributed by atoms with E-state index < -0.39 is 0 Å². The van der Waals surface area contributed by atoms with Crippen LogP contribution < -0.4 is 0 Å². The molecule has 0 bridgehead atoms. The lowest BCUT2D eigenvalue weighted by Crippen LogP contribution is -2.28. The first-order valence-corrected chi connectivity index (χ1v) is 6.87. The van der Waals surface area contributed by atoms with Crippen molar-refractivity contribution < 1.29 is 9.21 Å². The van der Waals surface area contributed by atoms with Gasteiger partial charge in [-0.2, -0.15) is 5.10 Å². The van der Waals surface area contributed by atoms with Crippen LogP contribution in [0.4, 0.5) is 0 Å². The fourth-order valence-electron chi connectivity index (χ4n) is 2.06. The third-order valence-corrected chi connectivity index (χ3v) is 3.26. The highest BCUT2D eigenvalue weighted by Crippen LogP contribution is 2.16. The number of rotatable bonds is 5. The van der Waals surface area contributed by atoms with E-state index in [0.29, 0.717) is 24.7 Å². The molecule has 0 aromatic carbocycles. The van der Waals surface area contributed by atoms with Crippen molar-refractivity contribution >= 4 is 5.91 Å². The lowest BCUT2D eigenvalue weighted by Gasteiger charge is -2.16. The van der Waals surface area contributed by atoms with Gasteiger partial charge in [0.25, 0.3) is 5.91 Å². The minimum atomic E-state index is -0.0209. The van der Waals surface area contributed by atoms with E-state index in [1.807, 2.05) is 19.1 Å². The average Bonchev–Trinajstić information content (AvgIpc) is 3.06. The summed E-state index contributed by atoms with van der Waals surface area (Å²) in [6, 6.07) is 3.75. The Kier molecular flexibility index (Phi) is 4.27. The predicted molar refractivity (Wildman–Crippen MR) is 76.5 cm³/mol. The normalized spacial score (nSPS) is 11.1. The lowest BCUT2D eigenvalue weighted by molar-refractivity contribution is 0.0772. The van der Waals surface area contributed by atoms with E-state index in [0.717, 1.165) is 11.3 Å². The maximum absolute atomic E-state index is 12.5. The first kappa shape index (κ1) is 14.4. The molecule has 5 nitrogen and oxygen atoms in total. The Hall–Kier alpha value is -2.04. The third-order valence-electron chi connectivity index (χ3n) is 3.26. The van der Waals surface area contributed by atoms with Crippen LogP contribution in [-0.2, 0) is 13.1 Å². The molecule has 20 heavy (non-hydrogen) atoms. The van der Waals surface area contributed by atoms with Crippen LogP contribution >= 0.6 is 0 Å². The Bertz CT molecular complexity index is 570. The van der Waals surface area contributed by atoms with Gasteiger partial charge in [-0.1, -0.05) is 13.8 Å². The monoisotopic (exact) mass is 275 g/mol. The first-order chi connectivity index (χ1) is 9.52. The molecule has 0 aliphatic rings. The molecule has 0 fully saturated rings. The van der Waals surface area contributed by atoms with Gasteiger partial charge in [0.15, 0.2) is 0 Å². The molecule has 5 heteroatoms. The Morgan fingerprint density at radius 3 is 2.80 bits per heavy atom. The highest BCUT2D eigenvalue weighted by Gasteiger charge is 2.19. The Morgan fingerprint density at radius 2 is 2.25 bits per heavy atom. The molecule has 0 unspecified atom stereocenters. The maximum Gasteiger partial charge on any atom is 0.272 e. The summed E-state index contributed by atoms with van der Waals surface area (Å²) in [6.45, 7) is 7.36. The number of furan rings is 1. The standard InChI is InChI=1S/C15H21N3O2/c1-5-18-14(8-13(16-18)11(2)3)15(19)17(4)9-12-6-7-20-10-12/h6-8,10-11H,5,9H2,1-4H3. The van der Waals surface area contributed by atoms with Gasteiger partial charge >= 0.3 is 0 Å². The Balaban J connectivity index is 2.19. The molecule has 0 aliphatic carbocycles. The molecule has 2 rings (SSSR count). The summed E-state index contributed by atoms with van der Waals surface area (Å²) in [5.74, 6) is 0.293. The van der Waals surface area contributed by atoms with Crippen molar-refractivity contribution in [2.45, 2.75) is 39.8 Å². The number of amides is 1. The Morgan fingerprint density at radius 1 is 1.50 bits per heavy atom. The number of aryl methyl sites for hydroxylation is 1. The van der Waals surface area contributed by atoms with Crippen molar-refractivity contribution in [3.63, 3.8) is 0 Å². The summed E-state index contributed by atoms with van der Waals surface area (Å²) < 4.78 is 6.79. The lowest BCUT2D eigenvalue weighted by atomic mass is 10.1. The van der Waals surface area contributed by atoms with Crippen molar-refractivity contribution in [1.82, 2.24) is 14.7 Å². The molecule has 2 aromatic heterocycles. The van der Waals surface area contributed by atoms with Gasteiger partial charge in [0.1, 0.15) is 5.69 Å². The van der Waals surface area contributed by atoms with Gasteiger partial charge in [0.2, 0.25) is 0 Å². The fraction of sp³-hybridized carbons (Fsp3) is 0.467. The maximum atomic E-state index is 12.5. The summed E-state index contributed by atoms with van der Waals surface area (Å²) >= 11 is 0. The number of carbonyl (C=O) groups is 1. The molecule has 2 heterocycles. The predicted octanol–water partition coefficient (Wildman–Crippen LogP) is 2.89. The molecule has 0 aliphatic heterocycles. The molecular weight excluding hydrogens is 254 g/mol. The topological polar surface area (TPSA) is 51.3 Å². The van der Waals surface area contributed by atoms with E-state index in [-0.39, 0.29) is 5.91 Å². The molecule has 0 saturated carbocycles. The largest absolute Gasteiger partial charge is 0.472 e. The van der Waals surface area contributed by atoms with Crippen LogP contribution in [0, 0.1) is 0 Å². The second-order valence-electron chi connectivity index (χ2n) is 5.22. The first-order valence-electron chi connectivity index (χ1n) is 6.87. The number of hydrogen-bond donors (Lipinski definition) is 0. The zero-order valence-electron chi connectivity index (χ0n) is 12.5. The van der Waals surface area contributed by atoms with E-state index >= 15 is 0 Å². The third kappa shape index (κ3) is 2.92. The molecule has 2 aromatic rings. The minimum absolute atomic E-state index is 0.0209. The minimum Gasteiger partial charge on any atom is -0.472 e. The van der Waals surface area contributed by atoms with Crippen molar-refractivity contribution in [2.75, 3.05) is 7.05 Å². The molecule has 0 atom stereocenters. The van der Waals surface area contributed by atoms with Crippen LogP contribution in [0.2, 0.25) is 0 Å². The molecule has 0 saturated heterocycles. The fourth-order valence-corrected chi connectivity index (χ4v) is 2.06. The van der Waals surface area contributed by atoms with Crippen molar-refractivity contribution in [1.29, 1.82) is 0 Å². The van der Waals surface area contributed by atoms with Gasteiger partial charge in [-0.05, 0) is 25.0 Å². The highest BCUT2D eigenvalue weighted by atomic mass is 16.3. The van der Waals surface area contributed by atoms with Crippen LogP contribution in [-0.4, -0.2) is 27.6 Å². The number of hydrogen-bond acceptors (Lipinski definition) is 3. The molecular formula is C15H21N3O2. The van der Waals surface area contributed by atoms with E-state index in [2.05, 4.69) is 18.9 Å². The number of aromatic nitrogens is 2. The van der Waals surface area contributed by atoms with Crippen LogP contribution in [0.1, 0.15) is 48.4 Å². The van der Waals surface area contributed by atoms with Gasteiger partial charge < -0.3 is 9.32 Å². The average molecular weight is 275 g/mol. The van der Waals surface area contributed by atoms with Crippen molar-refractivity contribution in [3.8, 4) is 0 Å². The second kappa shape index (κ2) is 5.94. The van der Waals surface area contributed by atoms with Gasteiger partial charge in [-0.3, -0.25) is 9.48 Å². The summed E-state index contributed by atoms with van der Waals surface area (Å²) in [7, 11) is 1.79. The zero-order chi connectivity index (χ0) is 14.7. The number of carbonyl (C=O) groups excluding carboxylic acids is 1. The van der Waals surface area contributed by atoms with E-state index in [1.165, 1.54) is 0 Å². The quantitative estimate of drug-likeness (QED) is 0.843. The zero-order valence-corrected chi connectivity index (χ0v) is 12.5. The Labute approximate surface area is 119 Å². The summed E-state index contributed by atoms with van der Waals surface area (Å²) in [5, 5.41) is 4.48. The number of nitrogens with zero attached hydrogens (tertiary/aromatic N) is 3. The van der Waals surface area contributed by atoms with Crippen LogP contribution in [0.15, 0.2) is 29.1 Å². The summed E-state index contributed by atoms with van der Waals surface area (Å²) in [6.07, 6.45) is 3.27. The van der Waals surface area contributed by atoms with E-state index in [1.54, 1.807) is 29.2 Å². The van der Waals surface area contributed by atoms with Crippen LogP contribution in [0.5, 0.6) is 0 Å². The summed E-state index contributed by atoms with van der Waals surface area (Å²) in [4.78, 5) is 14.2. The molecule has 108 valence electrons. The molecule has 0 N–H and O–H groups in total. The van der Waals surface area contributed by atoms with Crippen LogP contribution in [0.25, 0.3) is 0 Å².